The summed E-state index contributed by atoms with van der Waals surface area (Å²) in [6.07, 6.45) is 0. The van der Waals surface area contributed by atoms with Crippen molar-refractivity contribution in [3.05, 3.63) is 53.6 Å². The highest BCUT2D eigenvalue weighted by molar-refractivity contribution is 8.00. The molecule has 9 heteroatoms. The smallest absolute Gasteiger partial charge is 0.234 e. The highest BCUT2D eigenvalue weighted by atomic mass is 35.5. The molecular weight excluding hydrogens is 402 g/mol. The number of H-pyrrole nitrogens is 1. The fraction of sp³-hybridized carbons (Fsp3) is 0.111. The zero-order valence-electron chi connectivity index (χ0n) is 14.0. The maximum atomic E-state index is 12.2. The van der Waals surface area contributed by atoms with Crippen molar-refractivity contribution in [1.29, 1.82) is 5.26 Å². The number of rotatable bonds is 7. The van der Waals surface area contributed by atoms with Crippen molar-refractivity contribution >= 4 is 46.7 Å². The topological polar surface area (TPSA) is 94.5 Å². The number of carbonyl (C=O) groups excluding carboxylic acids is 1. The van der Waals surface area contributed by atoms with Gasteiger partial charge in [0.25, 0.3) is 0 Å². The van der Waals surface area contributed by atoms with Gasteiger partial charge in [-0.2, -0.15) is 5.26 Å². The fourth-order valence-electron chi connectivity index (χ4n) is 2.17. The number of hydrogen-bond donors (Lipinski definition) is 2. The summed E-state index contributed by atoms with van der Waals surface area (Å²) in [6.45, 7) is 0. The second-order valence-electron chi connectivity index (χ2n) is 5.25. The number of aromatic nitrogens is 3. The quantitative estimate of drug-likeness (QED) is 0.553. The molecule has 3 rings (SSSR count). The van der Waals surface area contributed by atoms with E-state index < -0.39 is 0 Å². The van der Waals surface area contributed by atoms with Gasteiger partial charge in [0.15, 0.2) is 5.82 Å². The first kappa shape index (κ1) is 19.3. The van der Waals surface area contributed by atoms with E-state index in [9.17, 15) is 4.79 Å². The van der Waals surface area contributed by atoms with Crippen molar-refractivity contribution in [2.75, 3.05) is 16.8 Å². The lowest BCUT2D eigenvalue weighted by molar-refractivity contribution is -0.113. The lowest BCUT2D eigenvalue weighted by Gasteiger charge is -2.08. The minimum Gasteiger partial charge on any atom is -0.324 e. The molecule has 0 aliphatic rings. The van der Waals surface area contributed by atoms with Crippen LogP contribution in [0, 0.1) is 11.3 Å². The summed E-state index contributed by atoms with van der Waals surface area (Å²) in [5.74, 6) is 0.956. The van der Waals surface area contributed by atoms with E-state index >= 15 is 0 Å². The Morgan fingerprint density at radius 1 is 1.19 bits per heavy atom. The van der Waals surface area contributed by atoms with Crippen molar-refractivity contribution in [2.45, 2.75) is 10.1 Å². The Bertz CT molecular complexity index is 968. The number of aromatic amines is 1. The molecule has 0 radical (unpaired) electrons. The van der Waals surface area contributed by atoms with Crippen LogP contribution in [0.2, 0.25) is 5.02 Å². The summed E-state index contributed by atoms with van der Waals surface area (Å²) >= 11 is 8.51. The number of nitrogens with zero attached hydrogens (tertiary/aromatic N) is 3. The molecule has 0 aliphatic heterocycles. The first-order valence-electron chi connectivity index (χ1n) is 7.85. The molecule has 6 nitrogen and oxygen atoms in total. The molecule has 0 fully saturated rings. The van der Waals surface area contributed by atoms with Crippen molar-refractivity contribution in [2.24, 2.45) is 0 Å². The molecule has 136 valence electrons. The van der Waals surface area contributed by atoms with Gasteiger partial charge >= 0.3 is 0 Å². The van der Waals surface area contributed by atoms with Crippen LogP contribution >= 0.6 is 35.1 Å². The van der Waals surface area contributed by atoms with Gasteiger partial charge in [-0.05, 0) is 36.4 Å². The Morgan fingerprint density at radius 2 is 1.96 bits per heavy atom. The van der Waals surface area contributed by atoms with E-state index in [0.29, 0.717) is 27.4 Å². The minimum absolute atomic E-state index is 0.164. The van der Waals surface area contributed by atoms with E-state index in [1.807, 2.05) is 36.4 Å². The average molecular weight is 416 g/mol. The third-order valence-corrected chi connectivity index (χ3v) is 5.41. The van der Waals surface area contributed by atoms with Crippen molar-refractivity contribution < 1.29 is 4.79 Å². The molecule has 3 aromatic rings. The number of nitriles is 1. The van der Waals surface area contributed by atoms with Gasteiger partial charge in [0.1, 0.15) is 0 Å². The summed E-state index contributed by atoms with van der Waals surface area (Å²) < 4.78 is 0. The van der Waals surface area contributed by atoms with Crippen LogP contribution < -0.4 is 5.32 Å². The maximum Gasteiger partial charge on any atom is 0.234 e. The molecule has 0 saturated carbocycles. The van der Waals surface area contributed by atoms with Gasteiger partial charge in [0, 0.05) is 15.5 Å². The first-order chi connectivity index (χ1) is 13.2. The Balaban J connectivity index is 1.57. The van der Waals surface area contributed by atoms with E-state index in [1.165, 1.54) is 23.5 Å². The number of carbonyl (C=O) groups is 1. The van der Waals surface area contributed by atoms with Crippen LogP contribution in [0.4, 0.5) is 5.69 Å². The lowest BCUT2D eigenvalue weighted by atomic mass is 10.2. The molecule has 2 N–H and O–H groups in total. The normalized spacial score (nSPS) is 10.4. The van der Waals surface area contributed by atoms with Gasteiger partial charge in [0.2, 0.25) is 11.1 Å². The zero-order chi connectivity index (χ0) is 19.1. The van der Waals surface area contributed by atoms with Crippen LogP contribution in [0.1, 0.15) is 0 Å². The number of halogens is 1. The fourth-order valence-corrected chi connectivity index (χ4v) is 3.56. The van der Waals surface area contributed by atoms with Crippen LogP contribution in [0.15, 0.2) is 58.6 Å². The van der Waals surface area contributed by atoms with Crippen LogP contribution in [0.3, 0.4) is 0 Å². The summed E-state index contributed by atoms with van der Waals surface area (Å²) in [7, 11) is 0. The monoisotopic (exact) mass is 415 g/mol. The largest absolute Gasteiger partial charge is 0.324 e. The molecule has 0 saturated heterocycles. The zero-order valence-corrected chi connectivity index (χ0v) is 16.4. The highest BCUT2D eigenvalue weighted by Gasteiger charge is 2.11. The molecule has 1 heterocycles. The van der Waals surface area contributed by atoms with Crippen LogP contribution in [0.25, 0.3) is 11.4 Å². The van der Waals surface area contributed by atoms with Crippen LogP contribution in [-0.4, -0.2) is 32.6 Å². The van der Waals surface area contributed by atoms with E-state index in [4.69, 9.17) is 16.9 Å². The van der Waals surface area contributed by atoms with E-state index in [-0.39, 0.29) is 11.7 Å². The standard InChI is InChI=1S/C18H14ClN5OS2/c19-13-7-5-12(6-8-13)17-22-18(24-23-17)27-11-16(25)21-14-3-1-2-4-15(14)26-10-9-20/h1-8H,10-11H2,(H,21,25)(H,22,23,24). The van der Waals surface area contributed by atoms with E-state index in [2.05, 4.69) is 26.6 Å². The molecule has 0 spiro atoms. The Kier molecular flexibility index (Phi) is 6.76. The molecule has 0 bridgehead atoms. The molecule has 0 atom stereocenters. The van der Waals surface area contributed by atoms with Crippen LogP contribution in [-0.2, 0) is 4.79 Å². The summed E-state index contributed by atoms with van der Waals surface area (Å²) in [5, 5.41) is 19.7. The molecule has 1 aromatic heterocycles. The number of amides is 1. The van der Waals surface area contributed by atoms with Gasteiger partial charge in [0.05, 0.1) is 23.3 Å². The number of hydrogen-bond acceptors (Lipinski definition) is 6. The predicted octanol–water partition coefficient (Wildman–Crippen LogP) is 4.47. The molecular formula is C18H14ClN5OS2. The summed E-state index contributed by atoms with van der Waals surface area (Å²) in [4.78, 5) is 17.5. The maximum absolute atomic E-state index is 12.2. The molecule has 0 unspecified atom stereocenters. The van der Waals surface area contributed by atoms with Gasteiger partial charge in [-0.15, -0.1) is 16.9 Å². The highest BCUT2D eigenvalue weighted by Crippen LogP contribution is 2.27. The first-order valence-corrected chi connectivity index (χ1v) is 10.2. The third kappa shape index (κ3) is 5.50. The van der Waals surface area contributed by atoms with E-state index in [0.717, 1.165) is 10.5 Å². The summed E-state index contributed by atoms with van der Waals surface area (Å²) in [6, 6.07) is 16.7. The Morgan fingerprint density at radius 3 is 2.74 bits per heavy atom. The number of thioether (sulfide) groups is 2. The number of para-hydroxylation sites is 1. The van der Waals surface area contributed by atoms with E-state index in [1.54, 1.807) is 12.1 Å². The molecule has 0 aliphatic carbocycles. The van der Waals surface area contributed by atoms with Gasteiger partial charge in [-0.25, -0.2) is 4.98 Å². The lowest BCUT2D eigenvalue weighted by Crippen LogP contribution is -2.14. The van der Waals surface area contributed by atoms with Crippen LogP contribution in [0.5, 0.6) is 0 Å². The summed E-state index contributed by atoms with van der Waals surface area (Å²) in [5.41, 5.74) is 1.56. The van der Waals surface area contributed by atoms with Crippen molar-refractivity contribution in [3.8, 4) is 17.5 Å². The molecule has 27 heavy (non-hydrogen) atoms. The minimum atomic E-state index is -0.164. The second-order valence-corrected chi connectivity index (χ2v) is 7.65. The third-order valence-electron chi connectivity index (χ3n) is 3.37. The van der Waals surface area contributed by atoms with Gasteiger partial charge < -0.3 is 5.32 Å². The number of nitrogens with one attached hydrogen (secondary N) is 2. The molecule has 1 amide bonds. The van der Waals surface area contributed by atoms with Gasteiger partial charge in [-0.1, -0.05) is 35.5 Å². The molecule has 2 aromatic carbocycles. The van der Waals surface area contributed by atoms with Crippen molar-refractivity contribution in [1.82, 2.24) is 15.2 Å². The Hall–Kier alpha value is -2.47. The number of anilines is 1. The Labute approximate surface area is 169 Å². The predicted molar refractivity (Wildman–Crippen MR) is 109 cm³/mol. The SMILES string of the molecule is N#CCSc1ccccc1NC(=O)CSc1n[nH]c(-c2ccc(Cl)cc2)n1. The van der Waals surface area contributed by atoms with Crippen molar-refractivity contribution in [3.63, 3.8) is 0 Å². The average Bonchev–Trinajstić information content (AvgIpc) is 3.15. The number of benzene rings is 2. The van der Waals surface area contributed by atoms with Gasteiger partial charge in [-0.3, -0.25) is 9.89 Å². The second kappa shape index (κ2) is 9.46.